The molecule has 8 aromatic rings. The largest absolute Gasteiger partial charge is 0.507 e. The molecule has 2 heterocycles. The highest BCUT2D eigenvalue weighted by Crippen LogP contribution is 2.44. The van der Waals surface area contributed by atoms with E-state index in [2.05, 4.69) is 158 Å². The van der Waals surface area contributed by atoms with Gasteiger partial charge in [0.25, 0.3) is 0 Å². The van der Waals surface area contributed by atoms with Crippen LogP contribution in [0, 0.1) is 13.8 Å². The number of rotatable bonds is 6. The maximum absolute atomic E-state index is 12.0. The van der Waals surface area contributed by atoms with E-state index in [9.17, 15) is 5.11 Å². The fourth-order valence-corrected chi connectivity index (χ4v) is 7.81. The van der Waals surface area contributed by atoms with E-state index in [-0.39, 0.29) is 51.7 Å². The van der Waals surface area contributed by atoms with Gasteiger partial charge in [0, 0.05) is 22.9 Å². The van der Waals surface area contributed by atoms with Crippen molar-refractivity contribution >= 4 is 11.0 Å². The molecule has 2 aromatic heterocycles. The Hall–Kier alpha value is -6.26. The molecule has 8 rings (SSSR count). The Balaban J connectivity index is 1.43. The van der Waals surface area contributed by atoms with E-state index in [1.54, 1.807) is 19.2 Å². The zero-order valence-electron chi connectivity index (χ0n) is 40.8. The van der Waals surface area contributed by atoms with Crippen molar-refractivity contribution in [2.45, 2.75) is 92.4 Å². The third-order valence-electron chi connectivity index (χ3n) is 11.5. The fourth-order valence-electron chi connectivity index (χ4n) is 7.81. The van der Waals surface area contributed by atoms with E-state index in [1.807, 2.05) is 19.1 Å². The van der Waals surface area contributed by atoms with Gasteiger partial charge in [-0.25, -0.2) is 4.98 Å². The molecule has 1 N–H and O–H groups in total. The van der Waals surface area contributed by atoms with Crippen molar-refractivity contribution in [2.75, 3.05) is 0 Å². The molecular weight excluding hydrogens is 731 g/mol. The maximum Gasteiger partial charge on any atom is 0.149 e. The van der Waals surface area contributed by atoms with Crippen LogP contribution in [0.4, 0.5) is 0 Å². The van der Waals surface area contributed by atoms with Crippen molar-refractivity contribution in [2.24, 2.45) is 0 Å². The van der Waals surface area contributed by atoms with Gasteiger partial charge in [-0.1, -0.05) is 153 Å². The van der Waals surface area contributed by atoms with Crippen LogP contribution in [0.2, 0.25) is 0 Å². The molecule has 0 amide bonds. The van der Waals surface area contributed by atoms with E-state index < -0.39 is 0 Å². The number of fused-ring (bicyclic) bond motifs is 1. The number of aromatic nitrogens is 3. The molecule has 0 radical (unpaired) electrons. The number of hydrogen-bond acceptors (Lipinski definition) is 3. The van der Waals surface area contributed by atoms with Crippen LogP contribution in [-0.2, 0) is 16.2 Å². The fraction of sp³-hybridized carbons (Fsp3) is 0.250. The first kappa shape index (κ1) is 35.7. The zero-order valence-corrected chi connectivity index (χ0v) is 36.8. The zero-order chi connectivity index (χ0) is 46.2. The summed E-state index contributed by atoms with van der Waals surface area (Å²) in [5.74, 6) is 0.825. The monoisotopic (exact) mass is 791 g/mol. The van der Waals surface area contributed by atoms with E-state index in [4.69, 9.17) is 15.5 Å². The maximum atomic E-state index is 12.0. The molecule has 0 bridgehead atoms. The third-order valence-corrected chi connectivity index (χ3v) is 11.5. The van der Waals surface area contributed by atoms with Gasteiger partial charge in [0.2, 0.25) is 0 Å². The molecule has 0 aliphatic heterocycles. The second-order valence-corrected chi connectivity index (χ2v) is 19.2. The Kier molecular flexibility index (Phi) is 8.97. The summed E-state index contributed by atoms with van der Waals surface area (Å²) >= 11 is 0. The van der Waals surface area contributed by atoms with Crippen LogP contribution in [0.25, 0.3) is 72.7 Å². The summed E-state index contributed by atoms with van der Waals surface area (Å²) in [4.78, 5) is 10.4. The number of hydrogen-bond donors (Lipinski definition) is 1. The Morgan fingerprint density at radius 2 is 1.18 bits per heavy atom. The lowest BCUT2D eigenvalue weighted by atomic mass is 9.83. The second kappa shape index (κ2) is 15.1. The Labute approximate surface area is 362 Å². The first-order valence-corrected chi connectivity index (χ1v) is 20.8. The summed E-state index contributed by atoms with van der Waals surface area (Å²) < 4.78 is 36.9. The molecular formula is C56H57N3O. The summed E-state index contributed by atoms with van der Waals surface area (Å²) in [6.45, 7) is 23.4. The smallest absolute Gasteiger partial charge is 0.149 e. The van der Waals surface area contributed by atoms with Gasteiger partial charge in [0.1, 0.15) is 11.6 Å². The van der Waals surface area contributed by atoms with Gasteiger partial charge in [-0.05, 0) is 123 Å². The van der Waals surface area contributed by atoms with Crippen LogP contribution in [0.1, 0.15) is 95.6 Å². The highest BCUT2D eigenvalue weighted by molar-refractivity contribution is 5.98. The standard InChI is InChI=1S/C56H57N3O/c1-35-20-22-37(23-21-35)39-26-27-57-48(32-39)41-29-40(30-44(31-41)56(9,10)11)45-18-15-19-50-51(45)58-53(47-34-43(55(6,7)8)28-36(2)52(47)60)59(50)49-25-24-42(54(3,4)5)33-46(49)38-16-13-12-14-17-38/h12-34,60H,1-11H3/i20D,21D,22D,23D. The molecule has 302 valence electrons. The highest BCUT2D eigenvalue weighted by Gasteiger charge is 2.27. The lowest BCUT2D eigenvalue weighted by Gasteiger charge is -2.24. The number of nitrogens with zero attached hydrogens (tertiary/aromatic N) is 3. The van der Waals surface area contributed by atoms with E-state index in [0.717, 1.165) is 61.2 Å². The number of phenolic OH excluding ortho intramolecular Hbond substituents is 1. The molecule has 60 heavy (non-hydrogen) atoms. The topological polar surface area (TPSA) is 50.9 Å². The minimum absolute atomic E-state index is 0.0482. The van der Waals surface area contributed by atoms with Crippen molar-refractivity contribution in [3.63, 3.8) is 0 Å². The second-order valence-electron chi connectivity index (χ2n) is 19.2. The lowest BCUT2D eigenvalue weighted by Crippen LogP contribution is -2.13. The SMILES string of the molecule is [2H]c1c([2H])c(-c2ccnc(-c3cc(-c4cccc5c4nc(-c4cc(C(C)(C)C)cc(C)c4O)n5-c4ccc(C(C)(C)C)cc4-c4ccccc4)cc(C(C)(C)C)c3)c2)c([2H])c([2H])c1C. The predicted molar refractivity (Wildman–Crippen MR) is 253 cm³/mol. The number of phenols is 1. The molecule has 0 aliphatic rings. The van der Waals surface area contributed by atoms with Gasteiger partial charge in [0.05, 0.1) is 33.5 Å². The quantitative estimate of drug-likeness (QED) is 0.182. The summed E-state index contributed by atoms with van der Waals surface area (Å²) in [5.41, 5.74) is 13.5. The third kappa shape index (κ3) is 7.79. The first-order valence-electron chi connectivity index (χ1n) is 22.8. The van der Waals surface area contributed by atoms with Crippen LogP contribution in [0.3, 0.4) is 0 Å². The summed E-state index contributed by atoms with van der Waals surface area (Å²) in [6, 6.07) is 37.4. The summed E-state index contributed by atoms with van der Waals surface area (Å²) in [6.07, 6.45) is 1.67. The van der Waals surface area contributed by atoms with Gasteiger partial charge in [-0.2, -0.15) is 0 Å². The van der Waals surface area contributed by atoms with Gasteiger partial charge in [-0.3, -0.25) is 9.55 Å². The van der Waals surface area contributed by atoms with Crippen LogP contribution in [0.15, 0.2) is 140 Å². The van der Waals surface area contributed by atoms with Crippen molar-refractivity contribution in [3.05, 3.63) is 167 Å². The van der Waals surface area contributed by atoms with Gasteiger partial charge < -0.3 is 5.11 Å². The van der Waals surface area contributed by atoms with E-state index in [1.165, 1.54) is 5.56 Å². The Morgan fingerprint density at radius 3 is 1.87 bits per heavy atom. The number of para-hydroxylation sites is 1. The molecule has 4 heteroatoms. The normalized spacial score (nSPS) is 13.2. The van der Waals surface area contributed by atoms with Crippen molar-refractivity contribution in [3.8, 4) is 67.5 Å². The van der Waals surface area contributed by atoms with Crippen molar-refractivity contribution in [1.82, 2.24) is 14.5 Å². The molecule has 0 unspecified atom stereocenters. The predicted octanol–water partition coefficient (Wildman–Crippen LogP) is 15.0. The molecule has 6 aromatic carbocycles. The van der Waals surface area contributed by atoms with Crippen molar-refractivity contribution in [1.29, 1.82) is 0 Å². The van der Waals surface area contributed by atoms with Gasteiger partial charge >= 0.3 is 0 Å². The Bertz CT molecular complexity index is 3100. The number of aryl methyl sites for hydroxylation is 1. The minimum Gasteiger partial charge on any atom is -0.507 e. The summed E-state index contributed by atoms with van der Waals surface area (Å²) in [7, 11) is 0. The molecule has 0 aliphatic carbocycles. The molecule has 0 atom stereocenters. The number of imidazole rings is 1. The first-order chi connectivity index (χ1) is 30.0. The van der Waals surface area contributed by atoms with Crippen LogP contribution >= 0.6 is 0 Å². The lowest BCUT2D eigenvalue weighted by molar-refractivity contribution is 0.471. The van der Waals surface area contributed by atoms with Crippen LogP contribution < -0.4 is 0 Å². The number of pyridine rings is 1. The molecule has 0 fully saturated rings. The van der Waals surface area contributed by atoms with Gasteiger partial charge in [0.15, 0.2) is 0 Å². The Morgan fingerprint density at radius 1 is 0.533 bits per heavy atom. The van der Waals surface area contributed by atoms with E-state index in [0.29, 0.717) is 28.2 Å². The molecule has 4 nitrogen and oxygen atoms in total. The van der Waals surface area contributed by atoms with E-state index >= 15 is 0 Å². The molecule has 0 spiro atoms. The van der Waals surface area contributed by atoms with Crippen LogP contribution in [-0.4, -0.2) is 19.6 Å². The van der Waals surface area contributed by atoms with Crippen molar-refractivity contribution < 1.29 is 10.6 Å². The minimum atomic E-state index is -0.253. The number of benzene rings is 6. The summed E-state index contributed by atoms with van der Waals surface area (Å²) in [5, 5.41) is 12.0. The molecule has 0 saturated heterocycles. The highest BCUT2D eigenvalue weighted by atomic mass is 16.3. The number of aromatic hydroxyl groups is 1. The average molecular weight is 792 g/mol. The van der Waals surface area contributed by atoms with Crippen LogP contribution in [0.5, 0.6) is 5.75 Å². The average Bonchev–Trinajstić information content (AvgIpc) is 3.64. The van der Waals surface area contributed by atoms with Gasteiger partial charge in [-0.15, -0.1) is 0 Å². The molecule has 0 saturated carbocycles.